The predicted molar refractivity (Wildman–Crippen MR) is 60.0 cm³/mol. The molecule has 1 atom stereocenters. The van der Waals surface area contributed by atoms with Crippen LogP contribution in [0, 0.1) is 0 Å². The van der Waals surface area contributed by atoms with E-state index in [1.807, 2.05) is 0 Å². The third-order valence-corrected chi connectivity index (χ3v) is 3.59. The van der Waals surface area contributed by atoms with E-state index < -0.39 is 8.49 Å². The van der Waals surface area contributed by atoms with Crippen LogP contribution in [0.15, 0.2) is 5.03 Å². The highest BCUT2D eigenvalue weighted by atomic mass is 32.8. The minimum absolute atomic E-state index is 0.314. The van der Waals surface area contributed by atoms with Gasteiger partial charge in [-0.15, -0.1) is 4.37 Å². The molecule has 1 heterocycles. The smallest absolute Gasteiger partial charge is 0.262 e. The Kier molecular flexibility index (Phi) is 4.21. The number of hydrogen-bond donors (Lipinski definition) is 0. The summed E-state index contributed by atoms with van der Waals surface area (Å²) in [6.07, 6.45) is 3.45. The summed E-state index contributed by atoms with van der Waals surface area (Å²) in [6, 6.07) is 0. The highest BCUT2D eigenvalue weighted by molar-refractivity contribution is 8.32. The van der Waals surface area contributed by atoms with Crippen LogP contribution in [0.1, 0.15) is 19.8 Å². The fraction of sp³-hybridized carbons (Fsp3) is 0.714. The molecule has 0 bridgehead atoms. The molecule has 0 radical (unpaired) electrons. The van der Waals surface area contributed by atoms with Crippen molar-refractivity contribution >= 4 is 31.4 Å². The number of ether oxygens (including phenoxy) is 1. The fourth-order valence-electron chi connectivity index (χ4n) is 0.800. The molecule has 1 rings (SSSR count). The molecule has 0 N–H and O–H groups in total. The molecule has 0 aliphatic heterocycles. The number of aromatic nitrogens is 2. The van der Waals surface area contributed by atoms with Crippen molar-refractivity contribution in [1.29, 1.82) is 0 Å². The van der Waals surface area contributed by atoms with Crippen LogP contribution in [0.3, 0.4) is 0 Å². The molecule has 0 aliphatic rings. The maximum absolute atomic E-state index is 11.5. The van der Waals surface area contributed by atoms with Gasteiger partial charge in [-0.3, -0.25) is 4.21 Å². The molecule has 0 aliphatic carbocycles. The van der Waals surface area contributed by atoms with Gasteiger partial charge in [0.25, 0.3) is 5.88 Å². The van der Waals surface area contributed by atoms with Crippen LogP contribution in [-0.2, 0) is 19.7 Å². The quantitative estimate of drug-likeness (QED) is 0.742. The van der Waals surface area contributed by atoms with Crippen molar-refractivity contribution in [3.05, 3.63) is 0 Å². The van der Waals surface area contributed by atoms with Crippen LogP contribution in [0.4, 0.5) is 0 Å². The van der Waals surface area contributed by atoms with Gasteiger partial charge >= 0.3 is 0 Å². The Balaban J connectivity index is 2.74. The first-order valence-electron chi connectivity index (χ1n) is 4.21. The first-order valence-corrected chi connectivity index (χ1v) is 7.83. The Morgan fingerprint density at radius 2 is 2.29 bits per heavy atom. The van der Waals surface area contributed by atoms with Crippen LogP contribution < -0.4 is 4.74 Å². The molecule has 1 unspecified atom stereocenters. The van der Waals surface area contributed by atoms with Crippen molar-refractivity contribution in [2.24, 2.45) is 0 Å². The third kappa shape index (κ3) is 3.14. The first kappa shape index (κ1) is 11.8. The van der Waals surface area contributed by atoms with Crippen molar-refractivity contribution in [2.45, 2.75) is 24.8 Å². The zero-order chi connectivity index (χ0) is 10.6. The largest absolute Gasteiger partial charge is 0.475 e. The molecular formula is C7H12N2O2S3. The SMILES string of the molecule is CCCCOc1nsnc1S(C)(=O)=S. The van der Waals surface area contributed by atoms with Gasteiger partial charge in [-0.25, -0.2) is 0 Å². The number of hydrogen-bond acceptors (Lipinski definition) is 6. The highest BCUT2D eigenvalue weighted by Crippen LogP contribution is 2.20. The zero-order valence-corrected chi connectivity index (χ0v) is 10.5. The van der Waals surface area contributed by atoms with Gasteiger partial charge in [0, 0.05) is 6.26 Å². The van der Waals surface area contributed by atoms with Crippen LogP contribution >= 0.6 is 11.7 Å². The van der Waals surface area contributed by atoms with Gasteiger partial charge in [-0.05, 0) is 17.6 Å². The molecule has 0 spiro atoms. The van der Waals surface area contributed by atoms with Crippen LogP contribution in [0.25, 0.3) is 0 Å². The van der Waals surface area contributed by atoms with Crippen molar-refractivity contribution in [3.8, 4) is 5.88 Å². The predicted octanol–water partition coefficient (Wildman–Crippen LogP) is 1.45. The molecule has 1 aromatic heterocycles. The van der Waals surface area contributed by atoms with Crippen molar-refractivity contribution in [3.63, 3.8) is 0 Å². The monoisotopic (exact) mass is 252 g/mol. The molecule has 0 fully saturated rings. The molecule has 0 amide bonds. The Bertz CT molecular complexity index is 385. The summed E-state index contributed by atoms with van der Waals surface area (Å²) in [7, 11) is -2.48. The molecule has 0 aromatic carbocycles. The summed E-state index contributed by atoms with van der Waals surface area (Å²) in [6.45, 7) is 2.64. The number of nitrogens with zero attached hydrogens (tertiary/aromatic N) is 2. The Hall–Kier alpha value is -0.270. The molecule has 4 nitrogen and oxygen atoms in total. The van der Waals surface area contributed by atoms with Gasteiger partial charge in [-0.1, -0.05) is 13.3 Å². The molecule has 1 aromatic rings. The summed E-state index contributed by atoms with van der Waals surface area (Å²) in [5.41, 5.74) is 0. The molecule has 14 heavy (non-hydrogen) atoms. The summed E-state index contributed by atoms with van der Waals surface area (Å²) in [5.74, 6) is 0.339. The van der Waals surface area contributed by atoms with Crippen LogP contribution in [0.5, 0.6) is 5.88 Å². The fourth-order valence-corrected chi connectivity index (χ4v) is 2.82. The van der Waals surface area contributed by atoms with E-state index in [-0.39, 0.29) is 0 Å². The average molecular weight is 252 g/mol. The molecule has 80 valence electrons. The summed E-state index contributed by atoms with van der Waals surface area (Å²) in [5, 5.41) is 0.314. The van der Waals surface area contributed by atoms with E-state index in [9.17, 15) is 4.21 Å². The van der Waals surface area contributed by atoms with Gasteiger partial charge < -0.3 is 4.74 Å². The summed E-state index contributed by atoms with van der Waals surface area (Å²) < 4.78 is 24.7. The third-order valence-electron chi connectivity index (χ3n) is 1.52. The topological polar surface area (TPSA) is 52.1 Å². The van der Waals surface area contributed by atoms with E-state index >= 15 is 0 Å². The Morgan fingerprint density at radius 1 is 1.57 bits per heavy atom. The lowest BCUT2D eigenvalue weighted by Crippen LogP contribution is -2.03. The highest BCUT2D eigenvalue weighted by Gasteiger charge is 2.16. The minimum atomic E-state index is -2.48. The number of rotatable bonds is 5. The van der Waals surface area contributed by atoms with Crippen LogP contribution in [-0.4, -0.2) is 25.8 Å². The van der Waals surface area contributed by atoms with Gasteiger partial charge in [0.1, 0.15) is 0 Å². The standard InChI is InChI=1S/C7H12N2O2S3/c1-3-4-5-11-6-7(9-13-8-6)14(2,10)12/h3-5H2,1-2H3. The second-order valence-electron chi connectivity index (χ2n) is 2.85. The van der Waals surface area contributed by atoms with Crippen LogP contribution in [0.2, 0.25) is 0 Å². The van der Waals surface area contributed by atoms with E-state index in [0.29, 0.717) is 17.5 Å². The van der Waals surface area contributed by atoms with Gasteiger partial charge in [0.2, 0.25) is 5.03 Å². The maximum atomic E-state index is 11.5. The Labute approximate surface area is 92.7 Å². The minimum Gasteiger partial charge on any atom is -0.475 e. The second-order valence-corrected chi connectivity index (χ2v) is 7.22. The lowest BCUT2D eigenvalue weighted by Gasteiger charge is -2.02. The maximum Gasteiger partial charge on any atom is 0.262 e. The van der Waals surface area contributed by atoms with Gasteiger partial charge in [0.05, 0.1) is 26.8 Å². The molecule has 0 saturated carbocycles. The van der Waals surface area contributed by atoms with E-state index in [4.69, 9.17) is 15.9 Å². The van der Waals surface area contributed by atoms with E-state index in [0.717, 1.165) is 24.6 Å². The lowest BCUT2D eigenvalue weighted by molar-refractivity contribution is 0.292. The van der Waals surface area contributed by atoms with Crippen molar-refractivity contribution < 1.29 is 8.95 Å². The lowest BCUT2D eigenvalue weighted by atomic mass is 10.4. The van der Waals surface area contributed by atoms with E-state index in [2.05, 4.69) is 15.7 Å². The van der Waals surface area contributed by atoms with Crippen molar-refractivity contribution in [2.75, 3.05) is 12.9 Å². The van der Waals surface area contributed by atoms with Gasteiger partial charge in [-0.2, -0.15) is 4.37 Å². The molecule has 0 saturated heterocycles. The molecule has 7 heteroatoms. The Morgan fingerprint density at radius 3 is 2.86 bits per heavy atom. The van der Waals surface area contributed by atoms with Gasteiger partial charge in [0.15, 0.2) is 0 Å². The molecular weight excluding hydrogens is 240 g/mol. The zero-order valence-electron chi connectivity index (χ0n) is 8.06. The first-order chi connectivity index (χ1) is 6.55. The van der Waals surface area contributed by atoms with E-state index in [1.165, 1.54) is 6.26 Å². The summed E-state index contributed by atoms with van der Waals surface area (Å²) >= 11 is 5.80. The normalized spacial score (nSPS) is 15.0. The van der Waals surface area contributed by atoms with E-state index in [1.54, 1.807) is 0 Å². The summed E-state index contributed by atoms with van der Waals surface area (Å²) in [4.78, 5) is 0. The van der Waals surface area contributed by atoms with Crippen molar-refractivity contribution in [1.82, 2.24) is 8.75 Å². The average Bonchev–Trinajstić information content (AvgIpc) is 2.52. The second kappa shape index (κ2) is 4.99. The number of unbranched alkanes of at least 4 members (excludes halogenated alkanes) is 1.